The summed E-state index contributed by atoms with van der Waals surface area (Å²) in [4.78, 5) is 0. The van der Waals surface area contributed by atoms with Crippen molar-refractivity contribution < 1.29 is 0 Å². The molecule has 206 valence electrons. The third-order valence-corrected chi connectivity index (χ3v) is 8.62. The number of benzene rings is 8. The van der Waals surface area contributed by atoms with Gasteiger partial charge in [-0.25, -0.2) is 0 Å². The van der Waals surface area contributed by atoms with Crippen molar-refractivity contribution in [3.05, 3.63) is 182 Å². The Kier molecular flexibility index (Phi) is 6.59. The summed E-state index contributed by atoms with van der Waals surface area (Å²) in [6.45, 7) is 0. The Hall–Kier alpha value is -5.72. The zero-order valence-corrected chi connectivity index (χ0v) is 24.3. The Labute approximate surface area is 258 Å². The van der Waals surface area contributed by atoms with Crippen LogP contribution >= 0.6 is 0 Å². The fraction of sp³-hybridized carbons (Fsp3) is 0. The van der Waals surface area contributed by atoms with Gasteiger partial charge in [-0.15, -0.1) is 0 Å². The van der Waals surface area contributed by atoms with Gasteiger partial charge in [0, 0.05) is 0 Å². The predicted octanol–water partition coefficient (Wildman–Crippen LogP) is 12.3. The Morgan fingerprint density at radius 1 is 0.182 bits per heavy atom. The van der Waals surface area contributed by atoms with E-state index in [2.05, 4.69) is 182 Å². The van der Waals surface area contributed by atoms with E-state index in [1.807, 2.05) is 0 Å². The number of hydrogen-bond donors (Lipinski definition) is 0. The lowest BCUT2D eigenvalue weighted by atomic mass is 9.91. The van der Waals surface area contributed by atoms with Gasteiger partial charge in [0.15, 0.2) is 0 Å². The molecule has 0 fully saturated rings. The first-order chi connectivity index (χ1) is 21.8. The van der Waals surface area contributed by atoms with E-state index in [1.165, 1.54) is 77.2 Å². The molecule has 0 unspecified atom stereocenters. The maximum Gasteiger partial charge on any atom is -0.0105 e. The minimum Gasteiger partial charge on any atom is -0.0622 e. The molecule has 0 bridgehead atoms. The van der Waals surface area contributed by atoms with Crippen molar-refractivity contribution in [1.29, 1.82) is 0 Å². The standard InChI is InChI=1S/C44H30/c1-3-11-31(12-4-1)40-28-41(32-13-5-2-6-14-32)30-42(29-40)37-19-10-17-35(26-37)34-16-9-18-36(25-34)38-23-24-44-39(27-38)22-21-33-15-7-8-20-43(33)44/h1-30H. The molecule has 0 saturated heterocycles. The van der Waals surface area contributed by atoms with Crippen molar-refractivity contribution in [2.45, 2.75) is 0 Å². The van der Waals surface area contributed by atoms with Crippen LogP contribution in [-0.2, 0) is 0 Å². The van der Waals surface area contributed by atoms with E-state index in [-0.39, 0.29) is 0 Å². The van der Waals surface area contributed by atoms with Crippen LogP contribution in [0.25, 0.3) is 77.2 Å². The molecule has 0 aliphatic rings. The second-order valence-electron chi connectivity index (χ2n) is 11.4. The first-order valence-corrected chi connectivity index (χ1v) is 15.2. The minimum atomic E-state index is 1.21. The largest absolute Gasteiger partial charge is 0.0622 e. The average Bonchev–Trinajstić information content (AvgIpc) is 3.12. The summed E-state index contributed by atoms with van der Waals surface area (Å²) >= 11 is 0. The molecule has 0 heterocycles. The molecule has 44 heavy (non-hydrogen) atoms. The number of fused-ring (bicyclic) bond motifs is 3. The molecule has 8 rings (SSSR count). The lowest BCUT2D eigenvalue weighted by Gasteiger charge is -2.13. The normalized spacial score (nSPS) is 11.2. The first kappa shape index (κ1) is 25.9. The summed E-state index contributed by atoms with van der Waals surface area (Å²) in [5.74, 6) is 0. The van der Waals surface area contributed by atoms with Crippen LogP contribution in [0.15, 0.2) is 182 Å². The van der Waals surface area contributed by atoms with Crippen molar-refractivity contribution in [2.75, 3.05) is 0 Å². The third-order valence-electron chi connectivity index (χ3n) is 8.62. The average molecular weight is 559 g/mol. The number of rotatable bonds is 5. The van der Waals surface area contributed by atoms with Gasteiger partial charge in [0.2, 0.25) is 0 Å². The van der Waals surface area contributed by atoms with Crippen LogP contribution in [-0.4, -0.2) is 0 Å². The van der Waals surface area contributed by atoms with Crippen molar-refractivity contribution in [1.82, 2.24) is 0 Å². The van der Waals surface area contributed by atoms with Gasteiger partial charge in [-0.2, -0.15) is 0 Å². The van der Waals surface area contributed by atoms with Gasteiger partial charge in [-0.05, 0) is 114 Å². The van der Waals surface area contributed by atoms with Gasteiger partial charge < -0.3 is 0 Å². The molecule has 0 nitrogen and oxygen atoms in total. The van der Waals surface area contributed by atoms with E-state index in [0.717, 1.165) is 0 Å². The molecule has 8 aromatic carbocycles. The quantitative estimate of drug-likeness (QED) is 0.184. The molecule has 0 N–H and O–H groups in total. The monoisotopic (exact) mass is 558 g/mol. The van der Waals surface area contributed by atoms with Gasteiger partial charge in [0.1, 0.15) is 0 Å². The van der Waals surface area contributed by atoms with Gasteiger partial charge >= 0.3 is 0 Å². The second-order valence-corrected chi connectivity index (χ2v) is 11.4. The molecule has 0 saturated carbocycles. The van der Waals surface area contributed by atoms with Crippen LogP contribution in [0.3, 0.4) is 0 Å². The van der Waals surface area contributed by atoms with Crippen LogP contribution in [0.2, 0.25) is 0 Å². The maximum absolute atomic E-state index is 2.32. The molecule has 0 amide bonds. The summed E-state index contributed by atoms with van der Waals surface area (Å²) in [5.41, 5.74) is 12.2. The minimum absolute atomic E-state index is 1.21. The third kappa shape index (κ3) is 4.97. The molecule has 0 aromatic heterocycles. The Morgan fingerprint density at radius 2 is 0.568 bits per heavy atom. The topological polar surface area (TPSA) is 0 Å². The highest BCUT2D eigenvalue weighted by Gasteiger charge is 2.10. The highest BCUT2D eigenvalue weighted by Crippen LogP contribution is 2.36. The lowest BCUT2D eigenvalue weighted by Crippen LogP contribution is -1.87. The van der Waals surface area contributed by atoms with E-state index in [9.17, 15) is 0 Å². The summed E-state index contributed by atoms with van der Waals surface area (Å²) < 4.78 is 0. The Bertz CT molecular complexity index is 2200. The molecule has 0 heteroatoms. The molecule has 0 spiro atoms. The molecule has 0 atom stereocenters. The molecular weight excluding hydrogens is 528 g/mol. The van der Waals surface area contributed by atoms with Crippen molar-refractivity contribution in [3.63, 3.8) is 0 Å². The van der Waals surface area contributed by atoms with E-state index in [4.69, 9.17) is 0 Å². The van der Waals surface area contributed by atoms with Crippen LogP contribution in [0.5, 0.6) is 0 Å². The Morgan fingerprint density at radius 3 is 1.16 bits per heavy atom. The fourth-order valence-corrected chi connectivity index (χ4v) is 6.34. The van der Waals surface area contributed by atoms with Crippen LogP contribution < -0.4 is 0 Å². The second kappa shape index (κ2) is 11.2. The number of hydrogen-bond acceptors (Lipinski definition) is 0. The van der Waals surface area contributed by atoms with Gasteiger partial charge in [0.25, 0.3) is 0 Å². The van der Waals surface area contributed by atoms with Crippen molar-refractivity contribution in [3.8, 4) is 55.6 Å². The summed E-state index contributed by atoms with van der Waals surface area (Å²) in [5, 5.41) is 5.14. The highest BCUT2D eigenvalue weighted by molar-refractivity contribution is 6.08. The van der Waals surface area contributed by atoms with E-state index < -0.39 is 0 Å². The summed E-state index contributed by atoms with van der Waals surface area (Å²) in [7, 11) is 0. The van der Waals surface area contributed by atoms with Crippen molar-refractivity contribution in [2.24, 2.45) is 0 Å². The SMILES string of the molecule is c1ccc(-c2cc(-c3ccccc3)cc(-c3cccc(-c4cccc(-c5ccc6c(ccc7ccccc76)c5)c4)c3)c2)cc1. The summed E-state index contributed by atoms with van der Waals surface area (Å²) in [6.07, 6.45) is 0. The van der Waals surface area contributed by atoms with E-state index in [0.29, 0.717) is 0 Å². The molecule has 0 aliphatic heterocycles. The van der Waals surface area contributed by atoms with Crippen LogP contribution in [0.1, 0.15) is 0 Å². The maximum atomic E-state index is 2.32. The molecule has 0 aliphatic carbocycles. The predicted molar refractivity (Wildman–Crippen MR) is 189 cm³/mol. The van der Waals surface area contributed by atoms with Gasteiger partial charge in [0.05, 0.1) is 0 Å². The van der Waals surface area contributed by atoms with Crippen molar-refractivity contribution >= 4 is 21.5 Å². The van der Waals surface area contributed by atoms with Crippen LogP contribution in [0, 0.1) is 0 Å². The zero-order valence-electron chi connectivity index (χ0n) is 24.3. The van der Waals surface area contributed by atoms with E-state index >= 15 is 0 Å². The molecule has 8 aromatic rings. The van der Waals surface area contributed by atoms with Gasteiger partial charge in [-0.3, -0.25) is 0 Å². The highest BCUT2D eigenvalue weighted by atomic mass is 14.1. The smallest absolute Gasteiger partial charge is 0.0105 e. The zero-order chi connectivity index (χ0) is 29.3. The first-order valence-electron chi connectivity index (χ1n) is 15.2. The Balaban J connectivity index is 1.19. The van der Waals surface area contributed by atoms with E-state index in [1.54, 1.807) is 0 Å². The fourth-order valence-electron chi connectivity index (χ4n) is 6.34. The van der Waals surface area contributed by atoms with Crippen LogP contribution in [0.4, 0.5) is 0 Å². The molecule has 0 radical (unpaired) electrons. The lowest BCUT2D eigenvalue weighted by molar-refractivity contribution is 1.55. The van der Waals surface area contributed by atoms with Gasteiger partial charge in [-0.1, -0.05) is 146 Å². The molecular formula is C44H30. The summed E-state index contributed by atoms with van der Waals surface area (Å²) in [6, 6.07) is 66.0.